The lowest BCUT2D eigenvalue weighted by molar-refractivity contribution is 0.419. The van der Waals surface area contributed by atoms with E-state index < -0.39 is 0 Å². The van der Waals surface area contributed by atoms with Gasteiger partial charge in [-0.1, -0.05) is 12.8 Å². The summed E-state index contributed by atoms with van der Waals surface area (Å²) in [6.45, 7) is 1.67. The molecule has 1 aromatic rings. The summed E-state index contributed by atoms with van der Waals surface area (Å²) in [7, 11) is 0. The van der Waals surface area contributed by atoms with Gasteiger partial charge in [-0.05, 0) is 24.8 Å². The summed E-state index contributed by atoms with van der Waals surface area (Å²) in [6, 6.07) is 2.01. The zero-order valence-electron chi connectivity index (χ0n) is 7.95. The number of hydrogen-bond donors (Lipinski definition) is 1. The van der Waals surface area contributed by atoms with Crippen LogP contribution in [-0.2, 0) is 13.1 Å². The minimum absolute atomic E-state index is 0.604. The molecule has 0 amide bonds. The van der Waals surface area contributed by atoms with Crippen LogP contribution in [0.4, 0.5) is 0 Å². The Morgan fingerprint density at radius 2 is 2.23 bits per heavy atom. The van der Waals surface area contributed by atoms with E-state index in [0.29, 0.717) is 6.54 Å². The monoisotopic (exact) mass is 179 g/mol. The summed E-state index contributed by atoms with van der Waals surface area (Å²) in [5.41, 5.74) is 6.77. The average molecular weight is 179 g/mol. The first-order valence-electron chi connectivity index (χ1n) is 5.11. The van der Waals surface area contributed by atoms with Gasteiger partial charge in [0.05, 0.1) is 5.69 Å². The number of hydrogen-bond acceptors (Lipinski definition) is 2. The molecule has 1 saturated carbocycles. The molecule has 72 valence electrons. The molecule has 3 heteroatoms. The molecule has 13 heavy (non-hydrogen) atoms. The van der Waals surface area contributed by atoms with E-state index in [-0.39, 0.29) is 0 Å². The molecule has 0 bridgehead atoms. The zero-order valence-corrected chi connectivity index (χ0v) is 7.95. The van der Waals surface area contributed by atoms with Gasteiger partial charge in [0.2, 0.25) is 0 Å². The lowest BCUT2D eigenvalue weighted by Gasteiger charge is -2.11. The van der Waals surface area contributed by atoms with Crippen molar-refractivity contribution in [3.8, 4) is 0 Å². The van der Waals surface area contributed by atoms with Gasteiger partial charge < -0.3 is 5.73 Å². The molecule has 3 nitrogen and oxygen atoms in total. The summed E-state index contributed by atoms with van der Waals surface area (Å²) in [6.07, 6.45) is 7.36. The number of aromatic nitrogens is 2. The Labute approximate surface area is 78.9 Å². The summed E-state index contributed by atoms with van der Waals surface area (Å²) >= 11 is 0. The molecule has 0 aromatic carbocycles. The standard InChI is InChI=1S/C10H17N3/c11-7-10-5-6-12-13(10)8-9-3-1-2-4-9/h5-6,9H,1-4,7-8,11H2. The highest BCUT2D eigenvalue weighted by molar-refractivity contribution is 4.99. The molecular weight excluding hydrogens is 162 g/mol. The van der Waals surface area contributed by atoms with Gasteiger partial charge in [-0.2, -0.15) is 5.10 Å². The molecule has 0 aliphatic heterocycles. The van der Waals surface area contributed by atoms with Crippen molar-refractivity contribution in [2.75, 3.05) is 0 Å². The first kappa shape index (κ1) is 8.75. The van der Waals surface area contributed by atoms with Gasteiger partial charge >= 0.3 is 0 Å². The third-order valence-electron chi connectivity index (χ3n) is 2.92. The van der Waals surface area contributed by atoms with Crippen molar-refractivity contribution in [2.45, 2.75) is 38.8 Å². The molecule has 0 atom stereocenters. The highest BCUT2D eigenvalue weighted by Gasteiger charge is 2.16. The van der Waals surface area contributed by atoms with E-state index in [2.05, 4.69) is 9.78 Å². The quantitative estimate of drug-likeness (QED) is 0.764. The van der Waals surface area contributed by atoms with Gasteiger partial charge in [-0.15, -0.1) is 0 Å². The van der Waals surface area contributed by atoms with Crippen LogP contribution in [0.15, 0.2) is 12.3 Å². The van der Waals surface area contributed by atoms with E-state index in [1.807, 2.05) is 12.3 Å². The second-order valence-corrected chi connectivity index (χ2v) is 3.86. The molecule has 1 aliphatic carbocycles. The first-order valence-corrected chi connectivity index (χ1v) is 5.11. The van der Waals surface area contributed by atoms with Crippen LogP contribution in [0.1, 0.15) is 31.4 Å². The molecule has 1 heterocycles. The van der Waals surface area contributed by atoms with Crippen molar-refractivity contribution in [3.05, 3.63) is 18.0 Å². The Hall–Kier alpha value is -0.830. The minimum atomic E-state index is 0.604. The lowest BCUT2D eigenvalue weighted by Crippen LogP contribution is -2.13. The van der Waals surface area contributed by atoms with Crippen molar-refractivity contribution in [1.29, 1.82) is 0 Å². The third kappa shape index (κ3) is 1.91. The Morgan fingerprint density at radius 3 is 2.92 bits per heavy atom. The maximum absolute atomic E-state index is 5.61. The predicted molar refractivity (Wildman–Crippen MR) is 52.1 cm³/mol. The number of nitrogens with zero attached hydrogens (tertiary/aromatic N) is 2. The lowest BCUT2D eigenvalue weighted by atomic mass is 10.1. The summed E-state index contributed by atoms with van der Waals surface area (Å²) in [5.74, 6) is 0.838. The van der Waals surface area contributed by atoms with Crippen LogP contribution >= 0.6 is 0 Å². The molecule has 0 unspecified atom stereocenters. The summed E-state index contributed by atoms with van der Waals surface area (Å²) < 4.78 is 2.07. The van der Waals surface area contributed by atoms with E-state index in [9.17, 15) is 0 Å². The molecule has 0 saturated heterocycles. The molecular formula is C10H17N3. The molecule has 0 spiro atoms. The van der Waals surface area contributed by atoms with Crippen LogP contribution in [0.2, 0.25) is 0 Å². The van der Waals surface area contributed by atoms with Crippen LogP contribution in [-0.4, -0.2) is 9.78 Å². The van der Waals surface area contributed by atoms with Gasteiger partial charge in [-0.3, -0.25) is 4.68 Å². The minimum Gasteiger partial charge on any atom is -0.325 e. The SMILES string of the molecule is NCc1ccnn1CC1CCCC1. The van der Waals surface area contributed by atoms with E-state index in [4.69, 9.17) is 5.73 Å². The normalized spacial score (nSPS) is 18.2. The van der Waals surface area contributed by atoms with Crippen molar-refractivity contribution in [1.82, 2.24) is 9.78 Å². The summed E-state index contributed by atoms with van der Waals surface area (Å²) in [4.78, 5) is 0. The van der Waals surface area contributed by atoms with Crippen LogP contribution in [0, 0.1) is 5.92 Å². The predicted octanol–water partition coefficient (Wildman–Crippen LogP) is 1.53. The van der Waals surface area contributed by atoms with Crippen molar-refractivity contribution >= 4 is 0 Å². The Kier molecular flexibility index (Phi) is 2.64. The van der Waals surface area contributed by atoms with Crippen LogP contribution < -0.4 is 5.73 Å². The second kappa shape index (κ2) is 3.92. The van der Waals surface area contributed by atoms with Gasteiger partial charge in [-0.25, -0.2) is 0 Å². The highest BCUT2D eigenvalue weighted by atomic mass is 15.3. The fraction of sp³-hybridized carbons (Fsp3) is 0.700. The fourth-order valence-corrected chi connectivity index (χ4v) is 2.14. The average Bonchev–Trinajstić information content (AvgIpc) is 2.76. The molecule has 1 fully saturated rings. The molecule has 1 aromatic heterocycles. The highest BCUT2D eigenvalue weighted by Crippen LogP contribution is 2.26. The Bertz CT molecular complexity index is 261. The van der Waals surface area contributed by atoms with Crippen molar-refractivity contribution in [2.24, 2.45) is 11.7 Å². The van der Waals surface area contributed by atoms with Gasteiger partial charge in [0, 0.05) is 19.3 Å². The van der Waals surface area contributed by atoms with E-state index in [0.717, 1.165) is 18.2 Å². The maximum atomic E-state index is 5.61. The van der Waals surface area contributed by atoms with Gasteiger partial charge in [0.1, 0.15) is 0 Å². The van der Waals surface area contributed by atoms with Crippen LogP contribution in [0.5, 0.6) is 0 Å². The molecule has 1 aliphatic rings. The largest absolute Gasteiger partial charge is 0.325 e. The van der Waals surface area contributed by atoms with Crippen LogP contribution in [0.3, 0.4) is 0 Å². The first-order chi connectivity index (χ1) is 6.40. The fourth-order valence-electron chi connectivity index (χ4n) is 2.14. The zero-order chi connectivity index (χ0) is 9.10. The van der Waals surface area contributed by atoms with Gasteiger partial charge in [0.25, 0.3) is 0 Å². The molecule has 2 N–H and O–H groups in total. The van der Waals surface area contributed by atoms with Crippen LogP contribution in [0.25, 0.3) is 0 Å². The Morgan fingerprint density at radius 1 is 1.46 bits per heavy atom. The van der Waals surface area contributed by atoms with Crippen molar-refractivity contribution < 1.29 is 0 Å². The molecule has 0 radical (unpaired) electrons. The van der Waals surface area contributed by atoms with Crippen molar-refractivity contribution in [3.63, 3.8) is 0 Å². The third-order valence-corrected chi connectivity index (χ3v) is 2.92. The number of rotatable bonds is 3. The Balaban J connectivity index is 1.99. The smallest absolute Gasteiger partial charge is 0.0519 e. The van der Waals surface area contributed by atoms with E-state index in [1.165, 1.54) is 25.7 Å². The molecule has 2 rings (SSSR count). The topological polar surface area (TPSA) is 43.8 Å². The van der Waals surface area contributed by atoms with E-state index in [1.54, 1.807) is 0 Å². The summed E-state index contributed by atoms with van der Waals surface area (Å²) in [5, 5.41) is 4.29. The van der Waals surface area contributed by atoms with E-state index >= 15 is 0 Å². The maximum Gasteiger partial charge on any atom is 0.0519 e. The van der Waals surface area contributed by atoms with Gasteiger partial charge in [0.15, 0.2) is 0 Å². The number of nitrogens with two attached hydrogens (primary N) is 1. The second-order valence-electron chi connectivity index (χ2n) is 3.86.